The standard InChI is InChI=1S/C13H15FO3/c1-4-16-12(15)8-10(3)17-11-7-5-6-9(2)13(11)14/h5-8H,4H2,1-3H3/b10-8-. The Morgan fingerprint density at radius 3 is 2.82 bits per heavy atom. The Bertz CT molecular complexity index is 438. The summed E-state index contributed by atoms with van der Waals surface area (Å²) in [6.45, 7) is 5.22. The number of carbonyl (C=O) groups is 1. The summed E-state index contributed by atoms with van der Waals surface area (Å²) in [5, 5.41) is 0. The van der Waals surface area contributed by atoms with Crippen LogP contribution in [-0.2, 0) is 9.53 Å². The van der Waals surface area contributed by atoms with Crippen LogP contribution >= 0.6 is 0 Å². The second-order valence-corrected chi connectivity index (χ2v) is 3.50. The average molecular weight is 238 g/mol. The molecule has 92 valence electrons. The van der Waals surface area contributed by atoms with Crippen LogP contribution in [0.5, 0.6) is 5.75 Å². The van der Waals surface area contributed by atoms with Crippen molar-refractivity contribution in [2.45, 2.75) is 20.8 Å². The van der Waals surface area contributed by atoms with Crippen molar-refractivity contribution in [2.24, 2.45) is 0 Å². The first-order chi connectivity index (χ1) is 8.04. The maximum atomic E-state index is 13.6. The summed E-state index contributed by atoms with van der Waals surface area (Å²) >= 11 is 0. The molecule has 0 aliphatic carbocycles. The lowest BCUT2D eigenvalue weighted by Crippen LogP contribution is -2.03. The summed E-state index contributed by atoms with van der Waals surface area (Å²) in [5.41, 5.74) is 0.492. The molecule has 0 unspecified atom stereocenters. The van der Waals surface area contributed by atoms with Crippen molar-refractivity contribution in [1.82, 2.24) is 0 Å². The molecule has 0 aromatic heterocycles. The lowest BCUT2D eigenvalue weighted by atomic mass is 10.2. The number of benzene rings is 1. The van der Waals surface area contributed by atoms with Crippen molar-refractivity contribution in [1.29, 1.82) is 0 Å². The number of aryl methyl sites for hydroxylation is 1. The second-order valence-electron chi connectivity index (χ2n) is 3.50. The molecule has 0 fully saturated rings. The van der Waals surface area contributed by atoms with Crippen LogP contribution in [0.4, 0.5) is 4.39 Å². The summed E-state index contributed by atoms with van der Waals surface area (Å²) in [6.07, 6.45) is 1.19. The molecular formula is C13H15FO3. The maximum Gasteiger partial charge on any atom is 0.334 e. The quantitative estimate of drug-likeness (QED) is 0.459. The van der Waals surface area contributed by atoms with E-state index in [0.717, 1.165) is 0 Å². The highest BCUT2D eigenvalue weighted by Gasteiger charge is 2.07. The van der Waals surface area contributed by atoms with Gasteiger partial charge in [0.2, 0.25) is 0 Å². The fraction of sp³-hybridized carbons (Fsp3) is 0.308. The van der Waals surface area contributed by atoms with Crippen LogP contribution in [0.3, 0.4) is 0 Å². The van der Waals surface area contributed by atoms with Crippen LogP contribution in [0.15, 0.2) is 30.0 Å². The van der Waals surface area contributed by atoms with Crippen LogP contribution in [0.1, 0.15) is 19.4 Å². The monoisotopic (exact) mass is 238 g/mol. The second kappa shape index (κ2) is 6.03. The van der Waals surface area contributed by atoms with Gasteiger partial charge in [0, 0.05) is 0 Å². The van der Waals surface area contributed by atoms with Gasteiger partial charge in [0.1, 0.15) is 5.76 Å². The van der Waals surface area contributed by atoms with E-state index in [0.29, 0.717) is 12.2 Å². The molecule has 1 aromatic carbocycles. The van der Waals surface area contributed by atoms with Gasteiger partial charge in [-0.2, -0.15) is 0 Å². The van der Waals surface area contributed by atoms with Crippen molar-refractivity contribution < 1.29 is 18.7 Å². The Kier molecular flexibility index (Phi) is 4.69. The Labute approximate surface area is 99.9 Å². The minimum Gasteiger partial charge on any atom is -0.463 e. The van der Waals surface area contributed by atoms with Crippen molar-refractivity contribution in [3.05, 3.63) is 41.4 Å². The molecule has 0 bridgehead atoms. The van der Waals surface area contributed by atoms with Crippen LogP contribution in [0.25, 0.3) is 0 Å². The van der Waals surface area contributed by atoms with E-state index in [1.54, 1.807) is 32.9 Å². The molecule has 3 nitrogen and oxygen atoms in total. The van der Waals surface area contributed by atoms with Gasteiger partial charge < -0.3 is 9.47 Å². The van der Waals surface area contributed by atoms with Gasteiger partial charge in [-0.25, -0.2) is 9.18 Å². The molecule has 1 rings (SSSR count). The van der Waals surface area contributed by atoms with E-state index in [9.17, 15) is 9.18 Å². The van der Waals surface area contributed by atoms with Gasteiger partial charge in [0.05, 0.1) is 12.7 Å². The molecule has 1 aromatic rings. The highest BCUT2D eigenvalue weighted by molar-refractivity contribution is 5.82. The third kappa shape index (κ3) is 3.90. The van der Waals surface area contributed by atoms with Crippen molar-refractivity contribution in [3.63, 3.8) is 0 Å². The zero-order valence-corrected chi connectivity index (χ0v) is 10.1. The zero-order valence-electron chi connectivity index (χ0n) is 10.1. The summed E-state index contributed by atoms with van der Waals surface area (Å²) < 4.78 is 23.5. The van der Waals surface area contributed by atoms with Gasteiger partial charge >= 0.3 is 5.97 Å². The first kappa shape index (κ1) is 13.2. The predicted octanol–water partition coefficient (Wildman–Crippen LogP) is 2.98. The molecule has 0 amide bonds. The zero-order chi connectivity index (χ0) is 12.8. The fourth-order valence-electron chi connectivity index (χ4n) is 1.25. The van der Waals surface area contributed by atoms with Gasteiger partial charge in [-0.15, -0.1) is 0 Å². The van der Waals surface area contributed by atoms with E-state index in [-0.39, 0.29) is 11.5 Å². The first-order valence-corrected chi connectivity index (χ1v) is 5.32. The van der Waals surface area contributed by atoms with Gasteiger partial charge in [-0.3, -0.25) is 0 Å². The van der Waals surface area contributed by atoms with Crippen LogP contribution in [0, 0.1) is 12.7 Å². The molecule has 17 heavy (non-hydrogen) atoms. The van der Waals surface area contributed by atoms with Gasteiger partial charge in [-0.1, -0.05) is 12.1 Å². The Morgan fingerprint density at radius 2 is 2.18 bits per heavy atom. The summed E-state index contributed by atoms with van der Waals surface area (Å²) in [6, 6.07) is 4.84. The van der Waals surface area contributed by atoms with E-state index in [1.165, 1.54) is 12.1 Å². The number of carbonyl (C=O) groups excluding carboxylic acids is 1. The molecule has 0 atom stereocenters. The fourth-order valence-corrected chi connectivity index (χ4v) is 1.25. The number of halogens is 1. The van der Waals surface area contributed by atoms with Crippen molar-refractivity contribution in [2.75, 3.05) is 6.61 Å². The molecule has 0 aliphatic heterocycles. The molecule has 0 heterocycles. The molecule has 0 radical (unpaired) electrons. The number of rotatable bonds is 4. The molecule has 0 saturated carbocycles. The minimum atomic E-state index is -0.502. The van der Waals surface area contributed by atoms with E-state index in [4.69, 9.17) is 9.47 Å². The van der Waals surface area contributed by atoms with Crippen LogP contribution < -0.4 is 4.74 Å². The summed E-state index contributed by atoms with van der Waals surface area (Å²) in [4.78, 5) is 11.1. The number of esters is 1. The van der Waals surface area contributed by atoms with Crippen molar-refractivity contribution >= 4 is 5.97 Å². The molecule has 0 saturated heterocycles. The highest BCUT2D eigenvalue weighted by atomic mass is 19.1. The number of hydrogen-bond acceptors (Lipinski definition) is 3. The maximum absolute atomic E-state index is 13.6. The topological polar surface area (TPSA) is 35.5 Å². The Hall–Kier alpha value is -1.84. The third-order valence-corrected chi connectivity index (χ3v) is 2.04. The Morgan fingerprint density at radius 1 is 1.47 bits per heavy atom. The largest absolute Gasteiger partial charge is 0.463 e. The van der Waals surface area contributed by atoms with Crippen LogP contribution in [-0.4, -0.2) is 12.6 Å². The number of allylic oxidation sites excluding steroid dienone is 1. The SMILES string of the molecule is CCOC(=O)/C=C(/C)Oc1cccc(C)c1F. The predicted molar refractivity (Wildman–Crippen MR) is 62.2 cm³/mol. The van der Waals surface area contributed by atoms with Gasteiger partial charge in [0.15, 0.2) is 11.6 Å². The number of ether oxygens (including phenoxy) is 2. The van der Waals surface area contributed by atoms with Crippen molar-refractivity contribution in [3.8, 4) is 5.75 Å². The molecule has 0 spiro atoms. The van der Waals surface area contributed by atoms with E-state index >= 15 is 0 Å². The van der Waals surface area contributed by atoms with Gasteiger partial charge in [-0.05, 0) is 32.4 Å². The van der Waals surface area contributed by atoms with Gasteiger partial charge in [0.25, 0.3) is 0 Å². The normalized spacial score (nSPS) is 11.2. The van der Waals surface area contributed by atoms with E-state index in [1.807, 2.05) is 0 Å². The molecule has 0 aliphatic rings. The van der Waals surface area contributed by atoms with Crippen LogP contribution in [0.2, 0.25) is 0 Å². The smallest absolute Gasteiger partial charge is 0.334 e. The molecule has 0 N–H and O–H groups in total. The average Bonchev–Trinajstić information content (AvgIpc) is 2.25. The lowest BCUT2D eigenvalue weighted by Gasteiger charge is -2.08. The lowest BCUT2D eigenvalue weighted by molar-refractivity contribution is -0.137. The first-order valence-electron chi connectivity index (χ1n) is 5.32. The van der Waals surface area contributed by atoms with E-state index < -0.39 is 11.8 Å². The summed E-state index contributed by atoms with van der Waals surface area (Å²) in [5.74, 6) is -0.543. The molecular weight excluding hydrogens is 223 g/mol. The third-order valence-electron chi connectivity index (χ3n) is 2.04. The minimum absolute atomic E-state index is 0.100. The molecule has 4 heteroatoms. The number of hydrogen-bond donors (Lipinski definition) is 0. The Balaban J connectivity index is 2.77. The summed E-state index contributed by atoms with van der Waals surface area (Å²) in [7, 11) is 0. The van der Waals surface area contributed by atoms with E-state index in [2.05, 4.69) is 0 Å². The highest BCUT2D eigenvalue weighted by Crippen LogP contribution is 2.21.